The Balaban J connectivity index is 2.24. The molecule has 1 aliphatic rings. The Kier molecular flexibility index (Phi) is 4.91. The molecule has 0 spiro atoms. The molecule has 0 unspecified atom stereocenters. The number of piperidine rings is 1. The van der Waals surface area contributed by atoms with Gasteiger partial charge in [0.2, 0.25) is 0 Å². The molecule has 0 amide bonds. The molecule has 1 aromatic carbocycles. The van der Waals surface area contributed by atoms with E-state index in [4.69, 9.17) is 28.9 Å². The summed E-state index contributed by atoms with van der Waals surface area (Å²) in [5.74, 6) is 0.728. The zero-order valence-electron chi connectivity index (χ0n) is 10.7. The van der Waals surface area contributed by atoms with Crippen molar-refractivity contribution in [2.24, 2.45) is 11.7 Å². The highest BCUT2D eigenvalue weighted by atomic mass is 35.5. The van der Waals surface area contributed by atoms with Crippen molar-refractivity contribution in [1.29, 1.82) is 0 Å². The summed E-state index contributed by atoms with van der Waals surface area (Å²) >= 11 is 12.4. The summed E-state index contributed by atoms with van der Waals surface area (Å²) in [6.07, 6.45) is 2.53. The number of likely N-dealkylation sites (tertiary alicyclic amines) is 1. The zero-order chi connectivity index (χ0) is 13.1. The van der Waals surface area contributed by atoms with Crippen LogP contribution in [0.3, 0.4) is 0 Å². The molecule has 0 aromatic heterocycles. The topological polar surface area (TPSA) is 29.3 Å². The van der Waals surface area contributed by atoms with Crippen molar-refractivity contribution < 1.29 is 0 Å². The first-order valence-corrected chi connectivity index (χ1v) is 7.27. The summed E-state index contributed by atoms with van der Waals surface area (Å²) in [6.45, 7) is 5.05. The van der Waals surface area contributed by atoms with Crippen LogP contribution in [0.15, 0.2) is 18.2 Å². The Bertz CT molecular complexity index is 409. The van der Waals surface area contributed by atoms with Gasteiger partial charge in [-0.05, 0) is 36.9 Å². The minimum absolute atomic E-state index is 0.180. The number of rotatable bonds is 3. The second-order valence-corrected chi connectivity index (χ2v) is 5.92. The first-order valence-electron chi connectivity index (χ1n) is 6.51. The van der Waals surface area contributed by atoms with Crippen molar-refractivity contribution >= 4 is 23.2 Å². The second kappa shape index (κ2) is 6.25. The van der Waals surface area contributed by atoms with E-state index in [9.17, 15) is 0 Å². The van der Waals surface area contributed by atoms with Crippen LogP contribution in [0.5, 0.6) is 0 Å². The Morgan fingerprint density at radius 1 is 1.44 bits per heavy atom. The Hall–Kier alpha value is -0.280. The summed E-state index contributed by atoms with van der Waals surface area (Å²) in [6, 6.07) is 5.98. The summed E-state index contributed by atoms with van der Waals surface area (Å²) in [4.78, 5) is 2.44. The molecule has 1 aliphatic heterocycles. The number of nitrogens with two attached hydrogens (primary N) is 1. The van der Waals surface area contributed by atoms with Gasteiger partial charge in [-0.15, -0.1) is 0 Å². The monoisotopic (exact) mass is 286 g/mol. The lowest BCUT2D eigenvalue weighted by Gasteiger charge is -2.37. The van der Waals surface area contributed by atoms with E-state index in [-0.39, 0.29) is 6.04 Å². The molecule has 1 saturated heterocycles. The maximum atomic E-state index is 6.31. The quantitative estimate of drug-likeness (QED) is 0.918. The van der Waals surface area contributed by atoms with Crippen molar-refractivity contribution in [2.45, 2.75) is 25.8 Å². The van der Waals surface area contributed by atoms with Gasteiger partial charge in [-0.25, -0.2) is 0 Å². The van der Waals surface area contributed by atoms with Crippen molar-refractivity contribution in [3.63, 3.8) is 0 Å². The van der Waals surface area contributed by atoms with Gasteiger partial charge in [-0.3, -0.25) is 4.90 Å². The van der Waals surface area contributed by atoms with Gasteiger partial charge >= 0.3 is 0 Å². The number of benzene rings is 1. The van der Waals surface area contributed by atoms with Crippen LogP contribution in [0.1, 0.15) is 31.4 Å². The summed E-state index contributed by atoms with van der Waals surface area (Å²) in [7, 11) is 0. The molecular formula is C14H20Cl2N2. The zero-order valence-corrected chi connectivity index (χ0v) is 12.2. The molecule has 1 aromatic rings. The minimum Gasteiger partial charge on any atom is -0.329 e. The Labute approximate surface area is 119 Å². The van der Waals surface area contributed by atoms with Gasteiger partial charge in [-0.1, -0.05) is 42.3 Å². The third kappa shape index (κ3) is 3.00. The normalized spacial score (nSPS) is 23.0. The van der Waals surface area contributed by atoms with E-state index >= 15 is 0 Å². The van der Waals surface area contributed by atoms with Gasteiger partial charge in [0.1, 0.15) is 0 Å². The van der Waals surface area contributed by atoms with Crippen molar-refractivity contribution in [3.8, 4) is 0 Å². The molecule has 2 N–H and O–H groups in total. The van der Waals surface area contributed by atoms with Gasteiger partial charge < -0.3 is 5.73 Å². The fourth-order valence-electron chi connectivity index (χ4n) is 2.76. The van der Waals surface area contributed by atoms with Crippen LogP contribution in [0, 0.1) is 5.92 Å². The van der Waals surface area contributed by atoms with E-state index in [1.165, 1.54) is 12.8 Å². The third-order valence-corrected chi connectivity index (χ3v) is 4.53. The maximum absolute atomic E-state index is 6.31. The molecule has 2 rings (SSSR count). The number of hydrogen-bond acceptors (Lipinski definition) is 2. The molecule has 4 heteroatoms. The summed E-state index contributed by atoms with van der Waals surface area (Å²) in [5, 5.41) is 1.26. The molecule has 18 heavy (non-hydrogen) atoms. The van der Waals surface area contributed by atoms with E-state index in [0.717, 1.165) is 24.6 Å². The highest BCUT2D eigenvalue weighted by Gasteiger charge is 2.25. The highest BCUT2D eigenvalue weighted by Crippen LogP contribution is 2.34. The standard InChI is InChI=1S/C14H20Cl2N2/c1-10-4-3-7-18(9-10)13(8-17)11-5-2-6-12(15)14(11)16/h2,5-6,10,13H,3-4,7-9,17H2,1H3/t10-,13+/m0/s1. The summed E-state index contributed by atoms with van der Waals surface area (Å²) in [5.41, 5.74) is 7.01. The molecule has 0 saturated carbocycles. The van der Waals surface area contributed by atoms with E-state index in [1.54, 1.807) is 0 Å². The lowest BCUT2D eigenvalue weighted by atomic mass is 9.96. The fraction of sp³-hybridized carbons (Fsp3) is 0.571. The molecule has 0 bridgehead atoms. The van der Waals surface area contributed by atoms with Gasteiger partial charge in [0.05, 0.1) is 10.0 Å². The van der Waals surface area contributed by atoms with Crippen LogP contribution >= 0.6 is 23.2 Å². The van der Waals surface area contributed by atoms with Gasteiger partial charge in [-0.2, -0.15) is 0 Å². The smallest absolute Gasteiger partial charge is 0.0640 e. The first kappa shape index (κ1) is 14.1. The van der Waals surface area contributed by atoms with Crippen LogP contribution in [0.25, 0.3) is 0 Å². The predicted molar refractivity (Wildman–Crippen MR) is 78.2 cm³/mol. The van der Waals surface area contributed by atoms with Gasteiger partial charge in [0.15, 0.2) is 0 Å². The molecule has 0 radical (unpaired) electrons. The average molecular weight is 287 g/mol. The minimum atomic E-state index is 0.180. The molecule has 2 nitrogen and oxygen atoms in total. The lowest BCUT2D eigenvalue weighted by molar-refractivity contribution is 0.133. The molecule has 1 heterocycles. The number of halogens is 2. The molecule has 2 atom stereocenters. The first-order chi connectivity index (χ1) is 8.63. The molecule has 0 aliphatic carbocycles. The predicted octanol–water partition coefficient (Wildman–Crippen LogP) is 3.73. The fourth-order valence-corrected chi connectivity index (χ4v) is 3.19. The number of nitrogens with zero attached hydrogens (tertiary/aromatic N) is 1. The van der Waals surface area contributed by atoms with Crippen molar-refractivity contribution in [2.75, 3.05) is 19.6 Å². The SMILES string of the molecule is C[C@H]1CCCN([C@H](CN)c2cccc(Cl)c2Cl)C1. The second-order valence-electron chi connectivity index (χ2n) is 5.14. The maximum Gasteiger partial charge on any atom is 0.0640 e. The van der Waals surface area contributed by atoms with Gasteiger partial charge in [0.25, 0.3) is 0 Å². The van der Waals surface area contributed by atoms with Gasteiger partial charge in [0, 0.05) is 19.1 Å². The van der Waals surface area contributed by atoms with Crippen LogP contribution < -0.4 is 5.73 Å². The largest absolute Gasteiger partial charge is 0.329 e. The van der Waals surface area contributed by atoms with E-state index in [2.05, 4.69) is 11.8 Å². The van der Waals surface area contributed by atoms with Crippen LogP contribution in [-0.4, -0.2) is 24.5 Å². The van der Waals surface area contributed by atoms with Crippen LogP contribution in [-0.2, 0) is 0 Å². The van der Waals surface area contributed by atoms with Crippen molar-refractivity contribution in [1.82, 2.24) is 4.90 Å². The van der Waals surface area contributed by atoms with Crippen LogP contribution in [0.2, 0.25) is 10.0 Å². The van der Waals surface area contributed by atoms with E-state index in [1.807, 2.05) is 18.2 Å². The Morgan fingerprint density at radius 3 is 2.89 bits per heavy atom. The average Bonchev–Trinajstić information content (AvgIpc) is 2.35. The number of hydrogen-bond donors (Lipinski definition) is 1. The molecule has 100 valence electrons. The van der Waals surface area contributed by atoms with Crippen molar-refractivity contribution in [3.05, 3.63) is 33.8 Å². The summed E-state index contributed by atoms with van der Waals surface area (Å²) < 4.78 is 0. The Morgan fingerprint density at radius 2 is 2.22 bits per heavy atom. The lowest BCUT2D eigenvalue weighted by Crippen LogP contribution is -2.40. The van der Waals surface area contributed by atoms with Crippen LogP contribution in [0.4, 0.5) is 0 Å². The van der Waals surface area contributed by atoms with E-state index < -0.39 is 0 Å². The van der Waals surface area contributed by atoms with E-state index in [0.29, 0.717) is 16.6 Å². The molecular weight excluding hydrogens is 267 g/mol. The third-order valence-electron chi connectivity index (χ3n) is 3.69. The molecule has 1 fully saturated rings. The highest BCUT2D eigenvalue weighted by molar-refractivity contribution is 6.42.